The Hall–Kier alpha value is -0.870. The predicted molar refractivity (Wildman–Crippen MR) is 62.0 cm³/mol. The van der Waals surface area contributed by atoms with Gasteiger partial charge in [0.2, 0.25) is 0 Å². The van der Waals surface area contributed by atoms with E-state index in [0.717, 1.165) is 18.0 Å². The summed E-state index contributed by atoms with van der Waals surface area (Å²) in [6, 6.07) is 7.33. The molecule has 1 heterocycles. The zero-order valence-electron chi connectivity index (χ0n) is 9.02. The smallest absolute Gasteiger partial charge is 0.180 e. The number of rotatable bonds is 3. The van der Waals surface area contributed by atoms with Crippen molar-refractivity contribution in [2.75, 3.05) is 12.3 Å². The SMILES string of the molecule is O=S1(=O)CC(NCC2CC2)c2ccccc21. The minimum absolute atomic E-state index is 0.00167. The summed E-state index contributed by atoms with van der Waals surface area (Å²) in [4.78, 5) is 0.517. The molecule has 0 saturated heterocycles. The quantitative estimate of drug-likeness (QED) is 0.867. The third-order valence-electron chi connectivity index (χ3n) is 3.37. The lowest BCUT2D eigenvalue weighted by Crippen LogP contribution is -2.24. The number of benzene rings is 1. The van der Waals surface area contributed by atoms with Crippen LogP contribution in [0.3, 0.4) is 0 Å². The van der Waals surface area contributed by atoms with E-state index in [-0.39, 0.29) is 11.8 Å². The van der Waals surface area contributed by atoms with E-state index in [1.54, 1.807) is 12.1 Å². The Morgan fingerprint density at radius 2 is 2.00 bits per heavy atom. The van der Waals surface area contributed by atoms with Gasteiger partial charge in [0, 0.05) is 6.04 Å². The Morgan fingerprint density at radius 3 is 2.75 bits per heavy atom. The molecule has 1 fully saturated rings. The van der Waals surface area contributed by atoms with Gasteiger partial charge in [0.15, 0.2) is 9.84 Å². The maximum absolute atomic E-state index is 11.9. The summed E-state index contributed by atoms with van der Waals surface area (Å²) in [5, 5.41) is 3.38. The van der Waals surface area contributed by atoms with E-state index in [2.05, 4.69) is 5.32 Å². The summed E-state index contributed by atoms with van der Waals surface area (Å²) in [5.74, 6) is 0.995. The van der Waals surface area contributed by atoms with E-state index in [9.17, 15) is 8.42 Å². The fourth-order valence-electron chi connectivity index (χ4n) is 2.25. The van der Waals surface area contributed by atoms with Gasteiger partial charge < -0.3 is 5.32 Å². The highest BCUT2D eigenvalue weighted by molar-refractivity contribution is 7.91. The van der Waals surface area contributed by atoms with Crippen molar-refractivity contribution in [2.24, 2.45) is 5.92 Å². The number of sulfone groups is 1. The molecule has 0 amide bonds. The molecule has 3 nitrogen and oxygen atoms in total. The van der Waals surface area contributed by atoms with Crippen molar-refractivity contribution >= 4 is 9.84 Å². The van der Waals surface area contributed by atoms with Gasteiger partial charge in [0.05, 0.1) is 10.6 Å². The van der Waals surface area contributed by atoms with E-state index in [1.807, 2.05) is 12.1 Å². The normalized spacial score (nSPS) is 26.6. The Balaban J connectivity index is 1.86. The first kappa shape index (κ1) is 10.3. The van der Waals surface area contributed by atoms with E-state index in [1.165, 1.54) is 12.8 Å². The Labute approximate surface area is 95.8 Å². The molecule has 1 unspecified atom stereocenters. The van der Waals surface area contributed by atoms with Crippen LogP contribution in [0.5, 0.6) is 0 Å². The topological polar surface area (TPSA) is 46.2 Å². The zero-order valence-corrected chi connectivity index (χ0v) is 9.83. The van der Waals surface area contributed by atoms with E-state index >= 15 is 0 Å². The lowest BCUT2D eigenvalue weighted by molar-refractivity contribution is 0.547. The monoisotopic (exact) mass is 237 g/mol. The van der Waals surface area contributed by atoms with Crippen molar-refractivity contribution in [1.82, 2.24) is 5.32 Å². The maximum Gasteiger partial charge on any atom is 0.180 e. The largest absolute Gasteiger partial charge is 0.309 e. The molecule has 0 aromatic heterocycles. The molecule has 1 aliphatic heterocycles. The Morgan fingerprint density at radius 1 is 1.25 bits per heavy atom. The van der Waals surface area contributed by atoms with Gasteiger partial charge in [-0.25, -0.2) is 8.42 Å². The Kier molecular flexibility index (Phi) is 2.30. The summed E-state index contributed by atoms with van der Waals surface area (Å²) in [5.41, 5.74) is 0.947. The highest BCUT2D eigenvalue weighted by atomic mass is 32.2. The summed E-state index contributed by atoms with van der Waals surface area (Å²) in [6.45, 7) is 0.953. The molecular formula is C12H15NO2S. The van der Waals surface area contributed by atoms with Crippen molar-refractivity contribution in [2.45, 2.75) is 23.8 Å². The third-order valence-corrected chi connectivity index (χ3v) is 5.18. The first-order valence-electron chi connectivity index (χ1n) is 5.72. The average molecular weight is 237 g/mol. The predicted octanol–water partition coefficient (Wildman–Crippen LogP) is 1.51. The van der Waals surface area contributed by atoms with Crippen LogP contribution in [0.2, 0.25) is 0 Å². The molecule has 1 atom stereocenters. The molecule has 16 heavy (non-hydrogen) atoms. The van der Waals surface area contributed by atoms with Crippen LogP contribution < -0.4 is 5.32 Å². The third kappa shape index (κ3) is 1.76. The Bertz CT molecular complexity index is 506. The van der Waals surface area contributed by atoms with Crippen molar-refractivity contribution in [3.63, 3.8) is 0 Å². The van der Waals surface area contributed by atoms with Gasteiger partial charge in [-0.1, -0.05) is 18.2 Å². The molecule has 1 aromatic rings. The summed E-state index contributed by atoms with van der Waals surface area (Å²) in [6.07, 6.45) is 2.57. The number of hydrogen-bond acceptors (Lipinski definition) is 3. The highest BCUT2D eigenvalue weighted by Gasteiger charge is 2.34. The second-order valence-electron chi connectivity index (χ2n) is 4.72. The molecule has 1 aromatic carbocycles. The van der Waals surface area contributed by atoms with Crippen molar-refractivity contribution in [1.29, 1.82) is 0 Å². The molecule has 4 heteroatoms. The maximum atomic E-state index is 11.9. The number of hydrogen-bond donors (Lipinski definition) is 1. The van der Waals surface area contributed by atoms with Crippen LogP contribution in [0.1, 0.15) is 24.4 Å². The van der Waals surface area contributed by atoms with Crippen molar-refractivity contribution < 1.29 is 8.42 Å². The van der Waals surface area contributed by atoms with Crippen LogP contribution in [0.25, 0.3) is 0 Å². The van der Waals surface area contributed by atoms with E-state index < -0.39 is 9.84 Å². The molecule has 86 valence electrons. The van der Waals surface area contributed by atoms with Gasteiger partial charge in [0.1, 0.15) is 0 Å². The van der Waals surface area contributed by atoms with E-state index in [0.29, 0.717) is 4.90 Å². The molecule has 0 radical (unpaired) electrons. The highest BCUT2D eigenvalue weighted by Crippen LogP contribution is 2.34. The summed E-state index contributed by atoms with van der Waals surface area (Å²) < 4.78 is 23.8. The van der Waals surface area contributed by atoms with Gasteiger partial charge in [-0.15, -0.1) is 0 Å². The molecule has 0 spiro atoms. The second-order valence-corrected chi connectivity index (χ2v) is 6.73. The minimum atomic E-state index is -3.04. The summed E-state index contributed by atoms with van der Waals surface area (Å²) >= 11 is 0. The van der Waals surface area contributed by atoms with Crippen LogP contribution in [0.4, 0.5) is 0 Å². The first-order chi connectivity index (χ1) is 7.67. The van der Waals surface area contributed by atoms with E-state index in [4.69, 9.17) is 0 Å². The number of nitrogens with one attached hydrogen (secondary N) is 1. The van der Waals surface area contributed by atoms with Crippen LogP contribution >= 0.6 is 0 Å². The lowest BCUT2D eigenvalue weighted by Gasteiger charge is -2.11. The molecule has 1 aliphatic carbocycles. The fraction of sp³-hybridized carbons (Fsp3) is 0.500. The minimum Gasteiger partial charge on any atom is -0.309 e. The van der Waals surface area contributed by atoms with Crippen molar-refractivity contribution in [3.05, 3.63) is 29.8 Å². The second kappa shape index (κ2) is 3.57. The van der Waals surface area contributed by atoms with Gasteiger partial charge in [0.25, 0.3) is 0 Å². The first-order valence-corrected chi connectivity index (χ1v) is 7.37. The van der Waals surface area contributed by atoms with Gasteiger partial charge >= 0.3 is 0 Å². The molecule has 3 rings (SSSR count). The number of fused-ring (bicyclic) bond motifs is 1. The molecular weight excluding hydrogens is 222 g/mol. The van der Waals surface area contributed by atoms with Crippen molar-refractivity contribution in [3.8, 4) is 0 Å². The standard InChI is InChI=1S/C12H15NO2S/c14-16(15)8-11(13-7-9-5-6-9)10-3-1-2-4-12(10)16/h1-4,9,11,13H,5-8H2. The molecule has 0 bridgehead atoms. The lowest BCUT2D eigenvalue weighted by atomic mass is 10.1. The zero-order chi connectivity index (χ0) is 11.2. The molecule has 1 saturated carbocycles. The average Bonchev–Trinajstić information content (AvgIpc) is 3.04. The van der Waals surface area contributed by atoms with Gasteiger partial charge in [-0.3, -0.25) is 0 Å². The summed E-state index contributed by atoms with van der Waals surface area (Å²) in [7, 11) is -3.04. The van der Waals surface area contributed by atoms with Crippen LogP contribution in [-0.4, -0.2) is 20.7 Å². The van der Waals surface area contributed by atoms with Gasteiger partial charge in [-0.05, 0) is 36.9 Å². The fourth-order valence-corrected chi connectivity index (χ4v) is 4.02. The molecule has 2 aliphatic rings. The van der Waals surface area contributed by atoms with Gasteiger partial charge in [-0.2, -0.15) is 0 Å². The molecule has 1 N–H and O–H groups in total. The van der Waals surface area contributed by atoms with Crippen LogP contribution in [-0.2, 0) is 9.84 Å². The van der Waals surface area contributed by atoms with Crippen LogP contribution in [0, 0.1) is 5.92 Å². The van der Waals surface area contributed by atoms with Crippen LogP contribution in [0.15, 0.2) is 29.2 Å².